The van der Waals surface area contributed by atoms with E-state index in [0.717, 1.165) is 35.6 Å². The van der Waals surface area contributed by atoms with E-state index in [1.165, 1.54) is 11.1 Å². The summed E-state index contributed by atoms with van der Waals surface area (Å²) < 4.78 is 0. The van der Waals surface area contributed by atoms with Gasteiger partial charge in [-0.25, -0.2) is 9.97 Å². The van der Waals surface area contributed by atoms with Gasteiger partial charge in [-0.3, -0.25) is 0 Å². The molecule has 0 spiro atoms. The van der Waals surface area contributed by atoms with Crippen molar-refractivity contribution >= 4 is 0 Å². The lowest BCUT2D eigenvalue weighted by Gasteiger charge is -2.14. The number of rotatable bonds is 2. The first-order valence-electron chi connectivity index (χ1n) is 6.82. The normalized spacial score (nSPS) is 17.5. The van der Waals surface area contributed by atoms with E-state index < -0.39 is 0 Å². The second kappa shape index (κ2) is 4.74. The Morgan fingerprint density at radius 2 is 1.84 bits per heavy atom. The molecule has 0 saturated heterocycles. The van der Waals surface area contributed by atoms with Crippen molar-refractivity contribution in [2.45, 2.75) is 39.2 Å². The molecular formula is C16H19N3. The molecule has 3 rings (SSSR count). The third-order valence-corrected chi connectivity index (χ3v) is 4.09. The van der Waals surface area contributed by atoms with E-state index in [1.807, 2.05) is 13.8 Å². The molecule has 1 aromatic heterocycles. The van der Waals surface area contributed by atoms with Crippen LogP contribution in [0.15, 0.2) is 24.3 Å². The van der Waals surface area contributed by atoms with Crippen molar-refractivity contribution in [3.8, 4) is 0 Å². The molecule has 0 aliphatic heterocycles. The molecule has 1 aliphatic carbocycles. The largest absolute Gasteiger partial charge is 0.326 e. The zero-order valence-electron chi connectivity index (χ0n) is 11.5. The number of aromatic nitrogens is 2. The van der Waals surface area contributed by atoms with Gasteiger partial charge in [0, 0.05) is 29.4 Å². The van der Waals surface area contributed by atoms with Crippen LogP contribution in [0.1, 0.15) is 46.2 Å². The minimum atomic E-state index is 0.348. The molecular weight excluding hydrogens is 234 g/mol. The van der Waals surface area contributed by atoms with Gasteiger partial charge in [0.15, 0.2) is 0 Å². The number of nitrogens with two attached hydrogens (primary N) is 1. The summed E-state index contributed by atoms with van der Waals surface area (Å²) in [4.78, 5) is 9.39. The van der Waals surface area contributed by atoms with Crippen LogP contribution >= 0.6 is 0 Å². The summed E-state index contributed by atoms with van der Waals surface area (Å²) in [5.74, 6) is 1.30. The fraction of sp³-hybridized carbons (Fsp3) is 0.375. The molecule has 3 nitrogen and oxygen atoms in total. The highest BCUT2D eigenvalue weighted by atomic mass is 14.9. The molecule has 1 atom stereocenters. The standard InChI is InChI=1S/C16H19N3/c1-10-15(9-17)11(2)19-16(18-10)14-8-7-12-5-3-4-6-13(12)14/h3-6,14H,7-9,17H2,1-2H3. The third-order valence-electron chi connectivity index (χ3n) is 4.09. The molecule has 0 fully saturated rings. The third kappa shape index (κ3) is 2.04. The van der Waals surface area contributed by atoms with Crippen molar-refractivity contribution in [2.24, 2.45) is 5.73 Å². The molecule has 1 aromatic carbocycles. The molecule has 1 unspecified atom stereocenters. The van der Waals surface area contributed by atoms with Crippen molar-refractivity contribution < 1.29 is 0 Å². The van der Waals surface area contributed by atoms with Crippen LogP contribution in [0.5, 0.6) is 0 Å². The van der Waals surface area contributed by atoms with Crippen molar-refractivity contribution in [1.82, 2.24) is 9.97 Å². The summed E-state index contributed by atoms with van der Waals surface area (Å²) >= 11 is 0. The van der Waals surface area contributed by atoms with E-state index in [0.29, 0.717) is 12.5 Å². The van der Waals surface area contributed by atoms with Crippen LogP contribution in [0.2, 0.25) is 0 Å². The lowest BCUT2D eigenvalue weighted by molar-refractivity contribution is 0.711. The SMILES string of the molecule is Cc1nc(C2CCc3ccccc32)nc(C)c1CN. The van der Waals surface area contributed by atoms with Crippen LogP contribution in [0.4, 0.5) is 0 Å². The van der Waals surface area contributed by atoms with Crippen LogP contribution in [0.3, 0.4) is 0 Å². The molecule has 2 N–H and O–H groups in total. The monoisotopic (exact) mass is 253 g/mol. The van der Waals surface area contributed by atoms with E-state index in [1.54, 1.807) is 0 Å². The van der Waals surface area contributed by atoms with Gasteiger partial charge >= 0.3 is 0 Å². The molecule has 1 heterocycles. The predicted octanol–water partition coefficient (Wildman–Crippen LogP) is 2.63. The number of hydrogen-bond donors (Lipinski definition) is 1. The van der Waals surface area contributed by atoms with Gasteiger partial charge in [0.05, 0.1) is 0 Å². The van der Waals surface area contributed by atoms with Crippen LogP contribution in [0.25, 0.3) is 0 Å². The maximum absolute atomic E-state index is 5.75. The van der Waals surface area contributed by atoms with Crippen molar-refractivity contribution in [3.63, 3.8) is 0 Å². The smallest absolute Gasteiger partial charge is 0.136 e. The Hall–Kier alpha value is -1.74. The van der Waals surface area contributed by atoms with Crippen molar-refractivity contribution in [3.05, 3.63) is 58.2 Å². The molecule has 19 heavy (non-hydrogen) atoms. The van der Waals surface area contributed by atoms with Crippen LogP contribution in [0, 0.1) is 13.8 Å². The predicted molar refractivity (Wildman–Crippen MR) is 76.0 cm³/mol. The summed E-state index contributed by atoms with van der Waals surface area (Å²) in [7, 11) is 0. The van der Waals surface area contributed by atoms with Crippen LogP contribution < -0.4 is 5.73 Å². The number of hydrogen-bond acceptors (Lipinski definition) is 3. The van der Waals surface area contributed by atoms with E-state index in [4.69, 9.17) is 15.7 Å². The lowest BCUT2D eigenvalue weighted by Crippen LogP contribution is -2.11. The molecule has 0 bridgehead atoms. The summed E-state index contributed by atoms with van der Waals surface area (Å²) in [6.45, 7) is 4.57. The van der Waals surface area contributed by atoms with Crippen LogP contribution in [-0.2, 0) is 13.0 Å². The summed E-state index contributed by atoms with van der Waals surface area (Å²) in [5.41, 5.74) is 11.7. The minimum absolute atomic E-state index is 0.348. The molecule has 0 amide bonds. The van der Waals surface area contributed by atoms with Gasteiger partial charge in [-0.15, -0.1) is 0 Å². The second-order valence-electron chi connectivity index (χ2n) is 5.23. The summed E-state index contributed by atoms with van der Waals surface area (Å²) in [6.07, 6.45) is 2.24. The second-order valence-corrected chi connectivity index (χ2v) is 5.23. The van der Waals surface area contributed by atoms with Crippen molar-refractivity contribution in [2.75, 3.05) is 0 Å². The Labute approximate surface area is 113 Å². The van der Waals surface area contributed by atoms with Gasteiger partial charge in [0.25, 0.3) is 0 Å². The Bertz CT molecular complexity index is 596. The average molecular weight is 253 g/mol. The van der Waals surface area contributed by atoms with Gasteiger partial charge < -0.3 is 5.73 Å². The fourth-order valence-electron chi connectivity index (χ4n) is 3.04. The molecule has 1 aliphatic rings. The first-order valence-corrected chi connectivity index (χ1v) is 6.82. The van der Waals surface area contributed by atoms with E-state index in [-0.39, 0.29) is 0 Å². The maximum atomic E-state index is 5.75. The Morgan fingerprint density at radius 1 is 1.16 bits per heavy atom. The molecule has 2 aromatic rings. The van der Waals surface area contributed by atoms with Gasteiger partial charge in [-0.05, 0) is 37.8 Å². The van der Waals surface area contributed by atoms with Gasteiger partial charge in [-0.2, -0.15) is 0 Å². The highest BCUT2D eigenvalue weighted by Crippen LogP contribution is 2.36. The number of aryl methyl sites for hydroxylation is 3. The van der Waals surface area contributed by atoms with E-state index in [2.05, 4.69) is 24.3 Å². The van der Waals surface area contributed by atoms with Crippen LogP contribution in [-0.4, -0.2) is 9.97 Å². The Morgan fingerprint density at radius 3 is 2.53 bits per heavy atom. The lowest BCUT2D eigenvalue weighted by atomic mass is 10.00. The molecule has 0 saturated carbocycles. The highest BCUT2D eigenvalue weighted by Gasteiger charge is 2.26. The molecule has 98 valence electrons. The zero-order chi connectivity index (χ0) is 13.4. The fourth-order valence-corrected chi connectivity index (χ4v) is 3.04. The van der Waals surface area contributed by atoms with Crippen molar-refractivity contribution in [1.29, 1.82) is 0 Å². The average Bonchev–Trinajstić information content (AvgIpc) is 2.82. The maximum Gasteiger partial charge on any atom is 0.136 e. The number of benzene rings is 1. The quantitative estimate of drug-likeness (QED) is 0.895. The first-order chi connectivity index (χ1) is 9.20. The zero-order valence-corrected chi connectivity index (χ0v) is 11.5. The first kappa shape index (κ1) is 12.3. The topological polar surface area (TPSA) is 51.8 Å². The van der Waals surface area contributed by atoms with E-state index >= 15 is 0 Å². The Kier molecular flexibility index (Phi) is 3.07. The van der Waals surface area contributed by atoms with E-state index in [9.17, 15) is 0 Å². The van der Waals surface area contributed by atoms with Gasteiger partial charge in [0.1, 0.15) is 5.82 Å². The van der Waals surface area contributed by atoms with Gasteiger partial charge in [0.2, 0.25) is 0 Å². The summed E-state index contributed by atoms with van der Waals surface area (Å²) in [5, 5.41) is 0. The highest BCUT2D eigenvalue weighted by molar-refractivity contribution is 5.39. The molecule has 0 radical (unpaired) electrons. The number of fused-ring (bicyclic) bond motifs is 1. The minimum Gasteiger partial charge on any atom is -0.326 e. The number of nitrogens with zero attached hydrogens (tertiary/aromatic N) is 2. The van der Waals surface area contributed by atoms with Gasteiger partial charge in [-0.1, -0.05) is 24.3 Å². The molecule has 3 heteroatoms. The summed E-state index contributed by atoms with van der Waals surface area (Å²) in [6, 6.07) is 8.63. The Balaban J connectivity index is 2.05.